The zero-order chi connectivity index (χ0) is 37.6. The number of benzene rings is 3. The monoisotopic (exact) mass is 734 g/mol. The standard InChI is InChI=1S/C38H41F3N6O4S/c1-7-29-22-46(52(49,50)33-12-10-9-11-32(33)51-29)21-27-17-25(14-13-23(27)3)34(30-15-16-31-35(24(30)4)44-45-47(31)8-2)37(5,6)43-36(48)26-18-28(20-42-19-26)38(39,40)41/h9-20,29,34H,7-8,21-22H2,1-6H3,(H,43,48)/t29-,34?/m1/s1. The smallest absolute Gasteiger partial charge is 0.417 e. The predicted octanol–water partition coefficient (Wildman–Crippen LogP) is 7.18. The summed E-state index contributed by atoms with van der Waals surface area (Å²) in [5.41, 5.74) is 3.16. The van der Waals surface area contributed by atoms with Crippen molar-refractivity contribution in [3.63, 3.8) is 0 Å². The molecule has 0 radical (unpaired) electrons. The summed E-state index contributed by atoms with van der Waals surface area (Å²) in [7, 11) is -3.94. The number of fused-ring (bicyclic) bond motifs is 2. The highest BCUT2D eigenvalue weighted by molar-refractivity contribution is 7.89. The number of aromatic nitrogens is 4. The molecule has 3 aromatic carbocycles. The number of rotatable bonds is 9. The predicted molar refractivity (Wildman–Crippen MR) is 190 cm³/mol. The Kier molecular flexibility index (Phi) is 9.92. The number of para-hydroxylation sites is 1. The molecule has 274 valence electrons. The highest BCUT2D eigenvalue weighted by Crippen LogP contribution is 2.40. The molecule has 1 aliphatic rings. The molecule has 10 nitrogen and oxygen atoms in total. The first-order valence-corrected chi connectivity index (χ1v) is 18.5. The van der Waals surface area contributed by atoms with Crippen LogP contribution in [0.4, 0.5) is 13.2 Å². The van der Waals surface area contributed by atoms with Crippen LogP contribution in [0, 0.1) is 13.8 Å². The van der Waals surface area contributed by atoms with E-state index in [4.69, 9.17) is 4.74 Å². The van der Waals surface area contributed by atoms with Crippen LogP contribution in [0.3, 0.4) is 0 Å². The van der Waals surface area contributed by atoms with Crippen molar-refractivity contribution in [1.82, 2.24) is 29.6 Å². The largest absolute Gasteiger partial charge is 0.488 e. The second kappa shape index (κ2) is 14.0. The van der Waals surface area contributed by atoms with Gasteiger partial charge in [-0.3, -0.25) is 9.78 Å². The number of sulfonamides is 1. The topological polar surface area (TPSA) is 119 Å². The van der Waals surface area contributed by atoms with Crippen LogP contribution < -0.4 is 10.1 Å². The Morgan fingerprint density at radius 3 is 2.50 bits per heavy atom. The van der Waals surface area contributed by atoms with Gasteiger partial charge in [0.05, 0.1) is 23.2 Å². The molecule has 0 saturated heterocycles. The zero-order valence-corrected chi connectivity index (χ0v) is 30.6. The summed E-state index contributed by atoms with van der Waals surface area (Å²) >= 11 is 0. The fraction of sp³-hybridized carbons (Fsp3) is 0.368. The first-order chi connectivity index (χ1) is 24.5. The summed E-state index contributed by atoms with van der Waals surface area (Å²) in [6.45, 7) is 12.2. The summed E-state index contributed by atoms with van der Waals surface area (Å²) < 4.78 is 78.0. The first kappa shape index (κ1) is 37.0. The van der Waals surface area contributed by atoms with Gasteiger partial charge >= 0.3 is 6.18 Å². The number of hydrogen-bond acceptors (Lipinski definition) is 7. The van der Waals surface area contributed by atoms with Crippen molar-refractivity contribution < 1.29 is 31.1 Å². The minimum atomic E-state index is -4.67. The maximum Gasteiger partial charge on any atom is 0.417 e. The summed E-state index contributed by atoms with van der Waals surface area (Å²) in [5, 5.41) is 11.7. The van der Waals surface area contributed by atoms with Crippen molar-refractivity contribution >= 4 is 27.0 Å². The lowest BCUT2D eigenvalue weighted by Gasteiger charge is -2.37. The van der Waals surface area contributed by atoms with Gasteiger partial charge in [-0.2, -0.15) is 17.5 Å². The van der Waals surface area contributed by atoms with Gasteiger partial charge in [-0.05, 0) is 93.1 Å². The number of nitrogens with one attached hydrogen (secondary N) is 1. The van der Waals surface area contributed by atoms with Crippen LogP contribution in [0.1, 0.15) is 83.8 Å². The maximum absolute atomic E-state index is 14.0. The SMILES string of the molecule is CC[C@@H]1CN(Cc2cc(C(c3ccc4c(nnn4CC)c3C)C(C)(C)NC(=O)c3cncc(C(F)(F)F)c3)ccc2C)S(=O)(=O)c2ccccc2O1. The van der Waals surface area contributed by atoms with Crippen LogP contribution >= 0.6 is 0 Å². The van der Waals surface area contributed by atoms with Crippen LogP contribution in [0.5, 0.6) is 5.75 Å². The normalized spacial score (nSPS) is 16.9. The van der Waals surface area contributed by atoms with Gasteiger partial charge in [0.25, 0.3) is 5.91 Å². The van der Waals surface area contributed by atoms with Gasteiger partial charge in [0.2, 0.25) is 10.0 Å². The lowest BCUT2D eigenvalue weighted by atomic mass is 9.74. The molecule has 3 heterocycles. The number of carbonyl (C=O) groups is 1. The molecule has 0 spiro atoms. The number of nitrogens with zero attached hydrogens (tertiary/aromatic N) is 5. The molecule has 2 aromatic heterocycles. The summed E-state index contributed by atoms with van der Waals surface area (Å²) in [6.07, 6.45) is -2.65. The number of aryl methyl sites for hydroxylation is 3. The molecule has 0 bridgehead atoms. The lowest BCUT2D eigenvalue weighted by Crippen LogP contribution is -2.48. The van der Waals surface area contributed by atoms with E-state index in [0.717, 1.165) is 45.6 Å². The van der Waals surface area contributed by atoms with E-state index in [1.165, 1.54) is 4.31 Å². The lowest BCUT2D eigenvalue weighted by molar-refractivity contribution is -0.137. The van der Waals surface area contributed by atoms with E-state index < -0.39 is 39.1 Å². The van der Waals surface area contributed by atoms with E-state index in [9.17, 15) is 26.4 Å². The Morgan fingerprint density at radius 1 is 1.04 bits per heavy atom. The van der Waals surface area contributed by atoms with Gasteiger partial charge in [0, 0.05) is 36.9 Å². The number of alkyl halides is 3. The van der Waals surface area contributed by atoms with E-state index in [1.807, 2.05) is 71.9 Å². The number of pyridine rings is 1. The van der Waals surface area contributed by atoms with E-state index in [1.54, 1.807) is 28.9 Å². The van der Waals surface area contributed by atoms with Crippen molar-refractivity contribution in [1.29, 1.82) is 0 Å². The number of halogens is 3. The average molecular weight is 735 g/mol. The van der Waals surface area contributed by atoms with Crippen molar-refractivity contribution in [3.8, 4) is 5.75 Å². The van der Waals surface area contributed by atoms with Crippen molar-refractivity contribution in [2.45, 2.75) is 89.7 Å². The molecule has 1 N–H and O–H groups in total. The Morgan fingerprint density at radius 2 is 1.79 bits per heavy atom. The number of hydrogen-bond donors (Lipinski definition) is 1. The Hall–Kier alpha value is -4.82. The molecule has 0 saturated carbocycles. The molecule has 14 heteroatoms. The fourth-order valence-electron chi connectivity index (χ4n) is 6.91. The highest BCUT2D eigenvalue weighted by Gasteiger charge is 2.38. The van der Waals surface area contributed by atoms with Crippen LogP contribution in [0.25, 0.3) is 11.0 Å². The number of carbonyl (C=O) groups excluding carboxylic acids is 1. The molecular formula is C38H41F3N6O4S. The van der Waals surface area contributed by atoms with E-state index in [0.29, 0.717) is 30.4 Å². The molecule has 1 aliphatic heterocycles. The molecule has 1 unspecified atom stereocenters. The van der Waals surface area contributed by atoms with Crippen LogP contribution in [-0.2, 0) is 29.3 Å². The van der Waals surface area contributed by atoms with Crippen molar-refractivity contribution in [3.05, 3.63) is 112 Å². The molecule has 52 heavy (non-hydrogen) atoms. The Balaban J connectivity index is 1.45. The first-order valence-electron chi connectivity index (χ1n) is 17.1. The molecule has 0 fully saturated rings. The van der Waals surface area contributed by atoms with Crippen molar-refractivity contribution in [2.24, 2.45) is 0 Å². The van der Waals surface area contributed by atoms with Gasteiger partial charge < -0.3 is 10.1 Å². The highest BCUT2D eigenvalue weighted by atomic mass is 32.2. The molecule has 1 amide bonds. The molecule has 6 rings (SSSR count). The number of ether oxygens (including phenoxy) is 1. The Bertz CT molecular complexity index is 2250. The Labute approximate surface area is 301 Å². The second-order valence-electron chi connectivity index (χ2n) is 13.7. The van der Waals surface area contributed by atoms with Gasteiger partial charge in [-0.25, -0.2) is 13.1 Å². The van der Waals surface area contributed by atoms with Gasteiger partial charge in [0.1, 0.15) is 22.3 Å². The summed E-state index contributed by atoms with van der Waals surface area (Å²) in [6, 6.07) is 17.1. The van der Waals surface area contributed by atoms with E-state index in [-0.39, 0.29) is 29.7 Å². The second-order valence-corrected chi connectivity index (χ2v) is 15.6. The zero-order valence-electron chi connectivity index (χ0n) is 29.8. The average Bonchev–Trinajstić information content (AvgIpc) is 3.49. The quantitative estimate of drug-likeness (QED) is 0.170. The van der Waals surface area contributed by atoms with E-state index in [2.05, 4.69) is 20.6 Å². The van der Waals surface area contributed by atoms with Gasteiger partial charge in [-0.1, -0.05) is 48.5 Å². The third-order valence-corrected chi connectivity index (χ3v) is 11.6. The molecule has 5 aromatic rings. The van der Waals surface area contributed by atoms with Gasteiger partial charge in [-0.15, -0.1) is 5.10 Å². The third-order valence-electron chi connectivity index (χ3n) is 9.75. The fourth-order valence-corrected chi connectivity index (χ4v) is 8.48. The van der Waals surface area contributed by atoms with Crippen LogP contribution in [0.2, 0.25) is 0 Å². The van der Waals surface area contributed by atoms with Crippen LogP contribution in [0.15, 0.2) is 78.0 Å². The molecule has 2 atom stereocenters. The van der Waals surface area contributed by atoms with Crippen LogP contribution in [-0.4, -0.2) is 56.8 Å². The maximum atomic E-state index is 14.0. The minimum Gasteiger partial charge on any atom is -0.488 e. The summed E-state index contributed by atoms with van der Waals surface area (Å²) in [4.78, 5) is 17.5. The van der Waals surface area contributed by atoms with Crippen molar-refractivity contribution in [2.75, 3.05) is 6.54 Å². The molecule has 0 aliphatic carbocycles. The third kappa shape index (κ3) is 7.01. The number of amides is 1. The van der Waals surface area contributed by atoms with E-state index >= 15 is 0 Å². The summed E-state index contributed by atoms with van der Waals surface area (Å²) in [5.74, 6) is -0.975. The molecular weight excluding hydrogens is 694 g/mol. The van der Waals surface area contributed by atoms with Gasteiger partial charge in [0.15, 0.2) is 0 Å². The minimum absolute atomic E-state index is 0.0639.